The zero-order chi connectivity index (χ0) is 16.1. The van der Waals surface area contributed by atoms with Gasteiger partial charge in [0.05, 0.1) is 11.6 Å². The topological polar surface area (TPSA) is 90.5 Å². The van der Waals surface area contributed by atoms with Crippen molar-refractivity contribution in [2.24, 2.45) is 0 Å². The van der Waals surface area contributed by atoms with Crippen molar-refractivity contribution in [3.63, 3.8) is 0 Å². The number of hydrogen-bond acceptors (Lipinski definition) is 3. The normalized spacial score (nSPS) is 20.1. The second-order valence-corrected chi connectivity index (χ2v) is 5.59. The predicted molar refractivity (Wildman–Crippen MR) is 79.2 cm³/mol. The average molecular weight is 330 g/mol. The Labute approximate surface area is 132 Å². The van der Waals surface area contributed by atoms with Gasteiger partial charge in [0, 0.05) is 24.2 Å². The highest BCUT2D eigenvalue weighted by Crippen LogP contribution is 2.19. The van der Waals surface area contributed by atoms with Crippen LogP contribution in [0, 0.1) is 5.82 Å². The molecule has 120 valence electrons. The van der Waals surface area contributed by atoms with Crippen LogP contribution >= 0.6 is 11.6 Å². The molecule has 22 heavy (non-hydrogen) atoms. The zero-order valence-corrected chi connectivity index (χ0v) is 12.5. The summed E-state index contributed by atoms with van der Waals surface area (Å²) in [6.45, 7) is 0.174. The largest absolute Gasteiger partial charge is 0.465 e. The minimum Gasteiger partial charge on any atom is -0.465 e. The fourth-order valence-corrected chi connectivity index (χ4v) is 2.45. The van der Waals surface area contributed by atoms with Gasteiger partial charge in [0.15, 0.2) is 0 Å². The highest BCUT2D eigenvalue weighted by molar-refractivity contribution is 6.30. The first kappa shape index (κ1) is 16.5. The molecule has 6 nitrogen and oxygen atoms in total. The van der Waals surface area contributed by atoms with E-state index < -0.39 is 11.9 Å². The Morgan fingerprint density at radius 2 is 2.05 bits per heavy atom. The summed E-state index contributed by atoms with van der Waals surface area (Å²) in [4.78, 5) is 22.1. The lowest BCUT2D eigenvalue weighted by Crippen LogP contribution is -2.53. The van der Waals surface area contributed by atoms with E-state index in [1.165, 1.54) is 6.07 Å². The summed E-state index contributed by atoms with van der Waals surface area (Å²) >= 11 is 5.66. The Balaban J connectivity index is 1.65. The van der Waals surface area contributed by atoms with E-state index in [1.807, 2.05) is 0 Å². The van der Waals surface area contributed by atoms with Crippen molar-refractivity contribution in [1.29, 1.82) is 0 Å². The van der Waals surface area contributed by atoms with Crippen LogP contribution < -0.4 is 16.0 Å². The van der Waals surface area contributed by atoms with Crippen molar-refractivity contribution >= 4 is 23.6 Å². The molecule has 0 heterocycles. The maximum Gasteiger partial charge on any atom is 0.404 e. The molecule has 1 saturated carbocycles. The molecule has 2 rings (SSSR count). The van der Waals surface area contributed by atoms with E-state index in [-0.39, 0.29) is 36.1 Å². The van der Waals surface area contributed by atoms with E-state index in [9.17, 15) is 14.0 Å². The molecule has 1 aromatic rings. The molecule has 0 atom stereocenters. The maximum atomic E-state index is 13.6. The standard InChI is InChI=1S/C14H17ClFN3O3/c15-11-3-1-2-8(13(11)16)6-18-12(20)7-17-9-4-10(5-9)19-14(21)22/h1-3,9-10,17,19H,4-7H2,(H,18,20)(H,21,22)/t9-,10+. The SMILES string of the molecule is O=C(CN[C@H]1C[C@@H](NC(=O)O)C1)NCc1cccc(Cl)c1F. The molecule has 8 heteroatoms. The first-order valence-corrected chi connectivity index (χ1v) is 7.26. The van der Waals surface area contributed by atoms with Gasteiger partial charge in [-0.15, -0.1) is 0 Å². The van der Waals surface area contributed by atoms with E-state index in [0.29, 0.717) is 18.4 Å². The van der Waals surface area contributed by atoms with Crippen LogP contribution in [0.15, 0.2) is 18.2 Å². The minimum atomic E-state index is -1.04. The highest BCUT2D eigenvalue weighted by Gasteiger charge is 2.30. The van der Waals surface area contributed by atoms with Gasteiger partial charge in [0.1, 0.15) is 5.82 Å². The van der Waals surface area contributed by atoms with Crippen LogP contribution in [0.2, 0.25) is 5.02 Å². The second-order valence-electron chi connectivity index (χ2n) is 5.19. The molecule has 1 aliphatic rings. The smallest absolute Gasteiger partial charge is 0.404 e. The van der Waals surface area contributed by atoms with Crippen molar-refractivity contribution in [2.75, 3.05) is 6.54 Å². The summed E-state index contributed by atoms with van der Waals surface area (Å²) in [5.41, 5.74) is 0.329. The van der Waals surface area contributed by atoms with Crippen LogP contribution in [0.4, 0.5) is 9.18 Å². The Hall–Kier alpha value is -1.86. The fraction of sp³-hybridized carbons (Fsp3) is 0.429. The molecule has 0 radical (unpaired) electrons. The molecule has 0 spiro atoms. The lowest BCUT2D eigenvalue weighted by molar-refractivity contribution is -0.120. The Kier molecular flexibility index (Phi) is 5.57. The summed E-state index contributed by atoms with van der Waals surface area (Å²) in [5, 5.41) is 16.6. The van der Waals surface area contributed by atoms with Crippen LogP contribution in [-0.4, -0.2) is 35.7 Å². The zero-order valence-electron chi connectivity index (χ0n) is 11.7. The van der Waals surface area contributed by atoms with Crippen LogP contribution in [-0.2, 0) is 11.3 Å². The molecule has 1 fully saturated rings. The van der Waals surface area contributed by atoms with E-state index in [4.69, 9.17) is 16.7 Å². The number of amides is 2. The summed E-state index contributed by atoms with van der Waals surface area (Å²) in [5.74, 6) is -0.784. The van der Waals surface area contributed by atoms with E-state index in [2.05, 4.69) is 16.0 Å². The van der Waals surface area contributed by atoms with Gasteiger partial charge in [-0.1, -0.05) is 23.7 Å². The first-order chi connectivity index (χ1) is 10.5. The maximum absolute atomic E-state index is 13.6. The van der Waals surface area contributed by atoms with Crippen molar-refractivity contribution in [1.82, 2.24) is 16.0 Å². The molecule has 2 amide bonds. The number of benzene rings is 1. The predicted octanol–water partition coefficient (Wildman–Crippen LogP) is 1.48. The van der Waals surface area contributed by atoms with Gasteiger partial charge < -0.3 is 21.1 Å². The summed E-state index contributed by atoms with van der Waals surface area (Å²) in [6.07, 6.45) is 0.273. The van der Waals surface area contributed by atoms with Crippen LogP contribution in [0.5, 0.6) is 0 Å². The third kappa shape index (κ3) is 4.57. The van der Waals surface area contributed by atoms with Gasteiger partial charge in [0.25, 0.3) is 0 Å². The quantitative estimate of drug-likeness (QED) is 0.636. The summed E-state index contributed by atoms with van der Waals surface area (Å²) < 4.78 is 13.6. The van der Waals surface area contributed by atoms with Crippen molar-refractivity contribution in [3.8, 4) is 0 Å². The number of rotatable bonds is 6. The van der Waals surface area contributed by atoms with Crippen LogP contribution in [0.25, 0.3) is 0 Å². The minimum absolute atomic E-state index is 0.0244. The molecule has 4 N–H and O–H groups in total. The molecular weight excluding hydrogens is 313 g/mol. The van der Waals surface area contributed by atoms with Gasteiger partial charge in [-0.3, -0.25) is 4.79 Å². The van der Waals surface area contributed by atoms with E-state index in [0.717, 1.165) is 0 Å². The molecule has 0 saturated heterocycles. The van der Waals surface area contributed by atoms with E-state index >= 15 is 0 Å². The number of nitrogens with one attached hydrogen (secondary N) is 3. The summed E-state index contributed by atoms with van der Waals surface area (Å²) in [6, 6.07) is 4.68. The fourth-order valence-electron chi connectivity index (χ4n) is 2.26. The molecule has 0 aromatic heterocycles. The molecule has 0 unspecified atom stereocenters. The number of hydrogen-bond donors (Lipinski definition) is 4. The third-order valence-corrected chi connectivity index (χ3v) is 3.82. The van der Waals surface area contributed by atoms with Gasteiger partial charge >= 0.3 is 6.09 Å². The van der Waals surface area contributed by atoms with Gasteiger partial charge in [-0.25, -0.2) is 9.18 Å². The van der Waals surface area contributed by atoms with Crippen LogP contribution in [0.3, 0.4) is 0 Å². The number of carboxylic acid groups (broad SMARTS) is 1. The first-order valence-electron chi connectivity index (χ1n) is 6.88. The molecule has 0 bridgehead atoms. The van der Waals surface area contributed by atoms with Gasteiger partial charge in [0.2, 0.25) is 5.91 Å². The van der Waals surface area contributed by atoms with E-state index in [1.54, 1.807) is 12.1 Å². The number of carbonyl (C=O) groups is 2. The van der Waals surface area contributed by atoms with Crippen molar-refractivity contribution in [3.05, 3.63) is 34.6 Å². The highest BCUT2D eigenvalue weighted by atomic mass is 35.5. The average Bonchev–Trinajstić information content (AvgIpc) is 2.42. The monoisotopic (exact) mass is 329 g/mol. The molecular formula is C14H17ClFN3O3. The Morgan fingerprint density at radius 1 is 1.32 bits per heavy atom. The third-order valence-electron chi connectivity index (χ3n) is 3.52. The second kappa shape index (κ2) is 7.42. The number of carbonyl (C=O) groups excluding carboxylic acids is 1. The van der Waals surface area contributed by atoms with Crippen molar-refractivity contribution < 1.29 is 19.1 Å². The molecule has 0 aliphatic heterocycles. The Morgan fingerprint density at radius 3 is 2.73 bits per heavy atom. The number of halogens is 2. The molecule has 1 aromatic carbocycles. The lowest BCUT2D eigenvalue weighted by Gasteiger charge is -2.35. The lowest BCUT2D eigenvalue weighted by atomic mass is 9.87. The van der Waals surface area contributed by atoms with Gasteiger partial charge in [-0.05, 0) is 18.9 Å². The Bertz CT molecular complexity index is 564. The summed E-state index contributed by atoms with van der Waals surface area (Å²) in [7, 11) is 0. The molecule has 1 aliphatic carbocycles. The van der Waals surface area contributed by atoms with Gasteiger partial charge in [-0.2, -0.15) is 0 Å². The van der Waals surface area contributed by atoms with Crippen LogP contribution in [0.1, 0.15) is 18.4 Å². The van der Waals surface area contributed by atoms with Crippen molar-refractivity contribution in [2.45, 2.75) is 31.5 Å².